The van der Waals surface area contributed by atoms with Gasteiger partial charge in [-0.15, -0.1) is 11.3 Å². The molecule has 0 aliphatic carbocycles. The number of carbonyl (C=O) groups excluding carboxylic acids is 1. The Morgan fingerprint density at radius 1 is 0.931 bits per heavy atom. The summed E-state index contributed by atoms with van der Waals surface area (Å²) in [6.07, 6.45) is 0. The van der Waals surface area contributed by atoms with Gasteiger partial charge in [0.1, 0.15) is 5.75 Å². The zero-order valence-electron chi connectivity index (χ0n) is 16.9. The number of amides is 1. The molecule has 0 bridgehead atoms. The number of hydrogen-bond donors (Lipinski definition) is 0. The Labute approximate surface area is 173 Å². The smallest absolute Gasteiger partial charge is 0.259 e. The fourth-order valence-electron chi connectivity index (χ4n) is 2.79. The Morgan fingerprint density at radius 3 is 2.07 bits per heavy atom. The summed E-state index contributed by atoms with van der Waals surface area (Å²) in [6.45, 7) is 0. The van der Waals surface area contributed by atoms with Gasteiger partial charge in [0.15, 0.2) is 16.6 Å². The number of benzene rings is 2. The molecular formula is C21H22N2O5S. The van der Waals surface area contributed by atoms with Crippen molar-refractivity contribution in [1.82, 2.24) is 4.98 Å². The summed E-state index contributed by atoms with van der Waals surface area (Å²) >= 11 is 1.38. The molecule has 0 atom stereocenters. The Hall–Kier alpha value is -3.26. The second kappa shape index (κ2) is 8.83. The molecule has 8 heteroatoms. The first-order valence-electron chi connectivity index (χ1n) is 8.70. The van der Waals surface area contributed by atoms with E-state index in [-0.39, 0.29) is 5.91 Å². The number of thiazole rings is 1. The number of anilines is 1. The van der Waals surface area contributed by atoms with Crippen LogP contribution in [0.25, 0.3) is 11.3 Å². The van der Waals surface area contributed by atoms with Crippen molar-refractivity contribution < 1.29 is 23.7 Å². The maximum atomic E-state index is 12.8. The van der Waals surface area contributed by atoms with E-state index >= 15 is 0 Å². The third kappa shape index (κ3) is 4.12. The van der Waals surface area contributed by atoms with Gasteiger partial charge in [0.2, 0.25) is 5.75 Å². The highest BCUT2D eigenvalue weighted by molar-refractivity contribution is 7.14. The van der Waals surface area contributed by atoms with Crippen LogP contribution in [0.5, 0.6) is 23.0 Å². The molecule has 152 valence electrons. The Morgan fingerprint density at radius 2 is 1.55 bits per heavy atom. The third-order valence-electron chi connectivity index (χ3n) is 4.38. The minimum Gasteiger partial charge on any atom is -0.497 e. The van der Waals surface area contributed by atoms with Crippen molar-refractivity contribution in [2.75, 3.05) is 40.4 Å². The second-order valence-electron chi connectivity index (χ2n) is 6.02. The predicted octanol–water partition coefficient (Wildman–Crippen LogP) is 4.12. The molecule has 0 aliphatic rings. The zero-order chi connectivity index (χ0) is 21.0. The lowest BCUT2D eigenvalue weighted by molar-refractivity contribution is 0.0993. The predicted molar refractivity (Wildman–Crippen MR) is 113 cm³/mol. The van der Waals surface area contributed by atoms with Gasteiger partial charge in [-0.1, -0.05) is 0 Å². The summed E-state index contributed by atoms with van der Waals surface area (Å²) in [5.74, 6) is 2.14. The van der Waals surface area contributed by atoms with Crippen molar-refractivity contribution in [3.8, 4) is 34.3 Å². The molecule has 0 unspecified atom stereocenters. The molecule has 1 amide bonds. The van der Waals surface area contributed by atoms with E-state index < -0.39 is 0 Å². The summed E-state index contributed by atoms with van der Waals surface area (Å²) in [7, 11) is 7.97. The molecule has 2 aromatic carbocycles. The van der Waals surface area contributed by atoms with Crippen LogP contribution in [0.15, 0.2) is 41.8 Å². The minimum absolute atomic E-state index is 0.154. The molecule has 1 heterocycles. The van der Waals surface area contributed by atoms with Crippen molar-refractivity contribution in [3.05, 3.63) is 47.3 Å². The fraction of sp³-hybridized carbons (Fsp3) is 0.238. The normalized spacial score (nSPS) is 10.4. The van der Waals surface area contributed by atoms with E-state index in [1.54, 1.807) is 59.8 Å². The average Bonchev–Trinajstić information content (AvgIpc) is 3.27. The molecule has 0 N–H and O–H groups in total. The SMILES string of the molecule is COc1ccc(C(=O)N(C)c2nc(-c3cc(OC)c(OC)c(OC)c3)cs2)cc1. The quantitative estimate of drug-likeness (QED) is 0.579. The first-order chi connectivity index (χ1) is 14.0. The number of methoxy groups -OCH3 is 4. The van der Waals surface area contributed by atoms with Crippen LogP contribution in [0.1, 0.15) is 10.4 Å². The highest BCUT2D eigenvalue weighted by atomic mass is 32.1. The van der Waals surface area contributed by atoms with E-state index in [0.29, 0.717) is 39.4 Å². The first-order valence-corrected chi connectivity index (χ1v) is 9.58. The van der Waals surface area contributed by atoms with Gasteiger partial charge >= 0.3 is 0 Å². The molecule has 0 spiro atoms. The van der Waals surface area contributed by atoms with Crippen LogP contribution in [-0.4, -0.2) is 46.4 Å². The maximum absolute atomic E-state index is 12.8. The molecule has 0 radical (unpaired) electrons. The molecule has 0 saturated heterocycles. The van der Waals surface area contributed by atoms with Crippen LogP contribution < -0.4 is 23.8 Å². The summed E-state index contributed by atoms with van der Waals surface area (Å²) in [5, 5.41) is 2.46. The average molecular weight is 414 g/mol. The van der Waals surface area contributed by atoms with Gasteiger partial charge in [0.05, 0.1) is 34.1 Å². The van der Waals surface area contributed by atoms with Crippen molar-refractivity contribution in [3.63, 3.8) is 0 Å². The van der Waals surface area contributed by atoms with E-state index in [9.17, 15) is 4.79 Å². The number of nitrogens with zero attached hydrogens (tertiary/aromatic N) is 2. The van der Waals surface area contributed by atoms with E-state index in [2.05, 4.69) is 4.98 Å². The van der Waals surface area contributed by atoms with E-state index in [1.807, 2.05) is 17.5 Å². The topological polar surface area (TPSA) is 70.1 Å². The number of hydrogen-bond acceptors (Lipinski definition) is 7. The lowest BCUT2D eigenvalue weighted by Gasteiger charge is -2.14. The minimum atomic E-state index is -0.154. The lowest BCUT2D eigenvalue weighted by atomic mass is 10.1. The van der Waals surface area contributed by atoms with Crippen molar-refractivity contribution >= 4 is 22.4 Å². The van der Waals surface area contributed by atoms with Gasteiger partial charge in [-0.05, 0) is 36.4 Å². The van der Waals surface area contributed by atoms with Crippen molar-refractivity contribution in [2.45, 2.75) is 0 Å². The van der Waals surface area contributed by atoms with Crippen molar-refractivity contribution in [1.29, 1.82) is 0 Å². The molecule has 3 aromatic rings. The molecule has 0 aliphatic heterocycles. The van der Waals surface area contributed by atoms with Gasteiger partial charge in [-0.2, -0.15) is 0 Å². The molecule has 3 rings (SSSR count). The van der Waals surface area contributed by atoms with E-state index in [0.717, 1.165) is 5.56 Å². The van der Waals surface area contributed by atoms with Crippen molar-refractivity contribution in [2.24, 2.45) is 0 Å². The monoisotopic (exact) mass is 414 g/mol. The summed E-state index contributed by atoms with van der Waals surface area (Å²) in [6, 6.07) is 10.6. The molecule has 1 aromatic heterocycles. The number of rotatable bonds is 7. The standard InChI is InChI=1S/C21H22N2O5S/c1-23(20(24)13-6-8-15(25-2)9-7-13)21-22-16(12-29-21)14-10-17(26-3)19(28-5)18(11-14)27-4/h6-12H,1-5H3. The molecule has 29 heavy (non-hydrogen) atoms. The summed E-state index contributed by atoms with van der Waals surface area (Å²) in [5.41, 5.74) is 2.06. The summed E-state index contributed by atoms with van der Waals surface area (Å²) in [4.78, 5) is 18.9. The van der Waals surface area contributed by atoms with Gasteiger partial charge < -0.3 is 18.9 Å². The highest BCUT2D eigenvalue weighted by Gasteiger charge is 2.19. The molecular weight excluding hydrogens is 392 g/mol. The van der Waals surface area contributed by atoms with Crippen LogP contribution in [0.4, 0.5) is 5.13 Å². The highest BCUT2D eigenvalue weighted by Crippen LogP contribution is 2.41. The van der Waals surface area contributed by atoms with Crippen LogP contribution >= 0.6 is 11.3 Å². The molecule has 0 fully saturated rings. The largest absolute Gasteiger partial charge is 0.497 e. The van der Waals surface area contributed by atoms with Gasteiger partial charge in [-0.25, -0.2) is 4.98 Å². The van der Waals surface area contributed by atoms with Crippen LogP contribution in [0.2, 0.25) is 0 Å². The zero-order valence-corrected chi connectivity index (χ0v) is 17.7. The van der Waals surface area contributed by atoms with Crippen LogP contribution in [-0.2, 0) is 0 Å². The van der Waals surface area contributed by atoms with E-state index in [4.69, 9.17) is 18.9 Å². The van der Waals surface area contributed by atoms with Crippen LogP contribution in [0.3, 0.4) is 0 Å². The first kappa shape index (κ1) is 20.5. The number of carbonyl (C=O) groups is 1. The Kier molecular flexibility index (Phi) is 6.23. The summed E-state index contributed by atoms with van der Waals surface area (Å²) < 4.78 is 21.3. The maximum Gasteiger partial charge on any atom is 0.259 e. The van der Waals surface area contributed by atoms with Gasteiger partial charge in [-0.3, -0.25) is 9.69 Å². The molecule has 7 nitrogen and oxygen atoms in total. The van der Waals surface area contributed by atoms with Gasteiger partial charge in [0.25, 0.3) is 5.91 Å². The lowest BCUT2D eigenvalue weighted by Crippen LogP contribution is -2.26. The third-order valence-corrected chi connectivity index (χ3v) is 5.30. The van der Waals surface area contributed by atoms with Gasteiger partial charge in [0, 0.05) is 23.6 Å². The van der Waals surface area contributed by atoms with E-state index in [1.165, 1.54) is 16.2 Å². The fourth-order valence-corrected chi connectivity index (χ4v) is 3.59. The molecule has 0 saturated carbocycles. The number of aromatic nitrogens is 1. The van der Waals surface area contributed by atoms with Crippen LogP contribution in [0, 0.1) is 0 Å². The number of ether oxygens (including phenoxy) is 4. The Bertz CT molecular complexity index is 976. The Balaban J connectivity index is 1.89. The second-order valence-corrected chi connectivity index (χ2v) is 6.86.